The second-order valence-electron chi connectivity index (χ2n) is 4.32. The third-order valence-electron chi connectivity index (χ3n) is 2.69. The van der Waals surface area contributed by atoms with Gasteiger partial charge in [0.2, 0.25) is 0 Å². The minimum absolute atomic E-state index is 0.0300. The fraction of sp³-hybridized carbons (Fsp3) is 0.143. The molecule has 0 saturated carbocycles. The largest absolute Gasteiger partial charge is 0.418 e. The molecule has 0 saturated heterocycles. The first-order valence-corrected chi connectivity index (χ1v) is 6.98. The van der Waals surface area contributed by atoms with E-state index in [9.17, 15) is 17.6 Å². The first-order valence-electron chi connectivity index (χ1n) is 5.81. The lowest BCUT2D eigenvalue weighted by Crippen LogP contribution is -2.11. The van der Waals surface area contributed by atoms with Crippen LogP contribution >= 0.6 is 27.5 Å². The average Bonchev–Trinajstić information content (AvgIpc) is 2.35. The van der Waals surface area contributed by atoms with Gasteiger partial charge < -0.3 is 5.32 Å². The molecule has 0 aliphatic carbocycles. The molecule has 0 unspecified atom stereocenters. The monoisotopic (exact) mass is 381 g/mol. The summed E-state index contributed by atoms with van der Waals surface area (Å²) in [6, 6.07) is 7.63. The molecule has 0 aliphatic heterocycles. The Kier molecular flexibility index (Phi) is 4.78. The Labute approximate surface area is 132 Å². The van der Waals surface area contributed by atoms with Crippen LogP contribution in [0.1, 0.15) is 11.1 Å². The second-order valence-corrected chi connectivity index (χ2v) is 5.67. The van der Waals surface area contributed by atoms with Crippen molar-refractivity contribution >= 4 is 33.2 Å². The topological polar surface area (TPSA) is 12.0 Å². The molecular weight excluding hydrogens is 374 g/mol. The number of anilines is 1. The third-order valence-corrected chi connectivity index (χ3v) is 3.40. The van der Waals surface area contributed by atoms with Gasteiger partial charge >= 0.3 is 6.18 Å². The third kappa shape index (κ3) is 4.35. The maximum Gasteiger partial charge on any atom is 0.418 e. The van der Waals surface area contributed by atoms with Gasteiger partial charge in [-0.15, -0.1) is 0 Å². The second kappa shape index (κ2) is 6.23. The molecule has 1 N–H and O–H groups in total. The van der Waals surface area contributed by atoms with Crippen molar-refractivity contribution in [1.29, 1.82) is 0 Å². The van der Waals surface area contributed by atoms with Crippen molar-refractivity contribution in [3.8, 4) is 0 Å². The predicted octanol–water partition coefficient (Wildman–Crippen LogP) is 5.87. The van der Waals surface area contributed by atoms with Gasteiger partial charge in [-0.05, 0) is 42.0 Å². The molecule has 0 aromatic heterocycles. The van der Waals surface area contributed by atoms with Crippen LogP contribution in [0.15, 0.2) is 40.9 Å². The Hall–Kier alpha value is -1.27. The zero-order chi connectivity index (χ0) is 15.6. The molecule has 0 bridgehead atoms. The van der Waals surface area contributed by atoms with Gasteiger partial charge in [-0.2, -0.15) is 13.2 Å². The standard InChI is InChI=1S/C14H9BrClF4N/c15-9-1-2-13(12(5-9)14(18,19)20)21-7-8-3-10(16)6-11(17)4-8/h1-6,21H,7H2. The van der Waals surface area contributed by atoms with Gasteiger partial charge in [-0.3, -0.25) is 0 Å². The van der Waals surface area contributed by atoms with Crippen LogP contribution in [0.2, 0.25) is 5.02 Å². The molecule has 1 nitrogen and oxygen atoms in total. The Balaban J connectivity index is 2.24. The van der Waals surface area contributed by atoms with E-state index in [1.807, 2.05) is 0 Å². The SMILES string of the molecule is Fc1cc(Cl)cc(CNc2ccc(Br)cc2C(F)(F)F)c1. The Morgan fingerprint density at radius 1 is 1.10 bits per heavy atom. The lowest BCUT2D eigenvalue weighted by molar-refractivity contribution is -0.137. The Bertz CT molecular complexity index is 638. The molecule has 2 aromatic carbocycles. The summed E-state index contributed by atoms with van der Waals surface area (Å²) >= 11 is 8.71. The molecule has 0 amide bonds. The van der Waals surface area contributed by atoms with E-state index in [0.29, 0.717) is 10.0 Å². The van der Waals surface area contributed by atoms with Crippen LogP contribution in [0.25, 0.3) is 0 Å². The van der Waals surface area contributed by atoms with E-state index >= 15 is 0 Å². The maximum absolute atomic E-state index is 13.2. The molecule has 0 atom stereocenters. The maximum atomic E-state index is 13.2. The number of hydrogen-bond donors (Lipinski definition) is 1. The van der Waals surface area contributed by atoms with E-state index < -0.39 is 17.6 Å². The summed E-state index contributed by atoms with van der Waals surface area (Å²) in [4.78, 5) is 0. The normalized spacial score (nSPS) is 11.5. The minimum atomic E-state index is -4.48. The van der Waals surface area contributed by atoms with Crippen molar-refractivity contribution in [2.24, 2.45) is 0 Å². The van der Waals surface area contributed by atoms with E-state index in [-0.39, 0.29) is 17.3 Å². The summed E-state index contributed by atoms with van der Waals surface area (Å²) in [5.41, 5.74) is -0.415. The zero-order valence-corrected chi connectivity index (χ0v) is 12.8. The predicted molar refractivity (Wildman–Crippen MR) is 77.9 cm³/mol. The Morgan fingerprint density at radius 2 is 1.81 bits per heavy atom. The van der Waals surface area contributed by atoms with E-state index in [0.717, 1.165) is 12.1 Å². The van der Waals surface area contributed by atoms with Gasteiger partial charge in [-0.25, -0.2) is 4.39 Å². The minimum Gasteiger partial charge on any atom is -0.380 e. The molecule has 112 valence electrons. The first kappa shape index (κ1) is 16.1. The van der Waals surface area contributed by atoms with Crippen LogP contribution < -0.4 is 5.32 Å². The van der Waals surface area contributed by atoms with Gasteiger partial charge in [0.15, 0.2) is 0 Å². The number of alkyl halides is 3. The molecule has 2 rings (SSSR count). The van der Waals surface area contributed by atoms with Gasteiger partial charge in [0.1, 0.15) is 5.82 Å². The molecule has 0 spiro atoms. The molecule has 0 aliphatic rings. The lowest BCUT2D eigenvalue weighted by atomic mass is 10.1. The number of benzene rings is 2. The van der Waals surface area contributed by atoms with Crippen molar-refractivity contribution in [3.05, 3.63) is 62.8 Å². The van der Waals surface area contributed by atoms with Gasteiger partial charge in [0.05, 0.1) is 5.56 Å². The molecule has 2 aromatic rings. The first-order chi connectivity index (χ1) is 9.75. The van der Waals surface area contributed by atoms with Crippen LogP contribution in [0.5, 0.6) is 0 Å². The van der Waals surface area contributed by atoms with E-state index in [2.05, 4.69) is 21.2 Å². The van der Waals surface area contributed by atoms with Crippen molar-refractivity contribution in [2.45, 2.75) is 12.7 Å². The van der Waals surface area contributed by atoms with Crippen molar-refractivity contribution in [2.75, 3.05) is 5.32 Å². The summed E-state index contributed by atoms with van der Waals surface area (Å²) in [5.74, 6) is -0.536. The van der Waals surface area contributed by atoms with Gasteiger partial charge in [0, 0.05) is 21.7 Å². The van der Waals surface area contributed by atoms with Crippen molar-refractivity contribution in [1.82, 2.24) is 0 Å². The molecule has 0 fully saturated rings. The molecule has 7 heteroatoms. The zero-order valence-electron chi connectivity index (χ0n) is 10.4. The summed E-state index contributed by atoms with van der Waals surface area (Å²) in [7, 11) is 0. The van der Waals surface area contributed by atoms with E-state index in [4.69, 9.17) is 11.6 Å². The van der Waals surface area contributed by atoms with Crippen LogP contribution in [0.4, 0.5) is 23.2 Å². The fourth-order valence-corrected chi connectivity index (χ4v) is 2.42. The number of nitrogens with one attached hydrogen (secondary N) is 1. The van der Waals surface area contributed by atoms with E-state index in [1.165, 1.54) is 24.3 Å². The molecule has 0 radical (unpaired) electrons. The van der Waals surface area contributed by atoms with E-state index in [1.54, 1.807) is 0 Å². The van der Waals surface area contributed by atoms with Crippen LogP contribution in [-0.2, 0) is 12.7 Å². The fourth-order valence-electron chi connectivity index (χ4n) is 1.82. The molecule has 0 heterocycles. The quantitative estimate of drug-likeness (QED) is 0.654. The summed E-state index contributed by atoms with van der Waals surface area (Å²) in [5, 5.41) is 2.84. The number of rotatable bonds is 3. The van der Waals surface area contributed by atoms with Crippen LogP contribution in [-0.4, -0.2) is 0 Å². The smallest absolute Gasteiger partial charge is 0.380 e. The van der Waals surface area contributed by atoms with Gasteiger partial charge in [0.25, 0.3) is 0 Å². The highest BCUT2D eigenvalue weighted by Crippen LogP contribution is 2.36. The average molecular weight is 383 g/mol. The summed E-state index contributed by atoms with van der Waals surface area (Å²) < 4.78 is 52.3. The highest BCUT2D eigenvalue weighted by molar-refractivity contribution is 9.10. The number of halogens is 6. The van der Waals surface area contributed by atoms with Crippen LogP contribution in [0.3, 0.4) is 0 Å². The van der Waals surface area contributed by atoms with Crippen molar-refractivity contribution in [3.63, 3.8) is 0 Å². The van der Waals surface area contributed by atoms with Crippen molar-refractivity contribution < 1.29 is 17.6 Å². The lowest BCUT2D eigenvalue weighted by Gasteiger charge is -2.15. The highest BCUT2D eigenvalue weighted by Gasteiger charge is 2.33. The highest BCUT2D eigenvalue weighted by atomic mass is 79.9. The summed E-state index contributed by atoms with van der Waals surface area (Å²) in [6.07, 6.45) is -4.48. The molecule has 21 heavy (non-hydrogen) atoms. The molecular formula is C14H9BrClF4N. The number of hydrogen-bond acceptors (Lipinski definition) is 1. The van der Waals surface area contributed by atoms with Gasteiger partial charge in [-0.1, -0.05) is 27.5 Å². The summed E-state index contributed by atoms with van der Waals surface area (Å²) in [6.45, 7) is 0.0300. The Morgan fingerprint density at radius 3 is 2.43 bits per heavy atom. The van der Waals surface area contributed by atoms with Crippen LogP contribution in [0, 0.1) is 5.82 Å².